The number of rotatable bonds is 5. The molecule has 1 rings (SSSR count). The molecule has 0 aliphatic heterocycles. The Morgan fingerprint density at radius 2 is 1.95 bits per heavy atom. The van der Waals surface area contributed by atoms with Crippen molar-refractivity contribution in [2.45, 2.75) is 6.92 Å². The standard InChI is InChI=1S/C10H15N3O5S2/c1-7-4-3-5-8(9(7)10(11)12-14)13-20(17,18)6-19(2,15)16/h3-5,13-14H,6H2,1-2H3,(H2,11,12). The number of amidine groups is 1. The van der Waals surface area contributed by atoms with E-state index in [2.05, 4.69) is 9.88 Å². The highest BCUT2D eigenvalue weighted by atomic mass is 32.3. The number of anilines is 1. The first-order chi connectivity index (χ1) is 9.06. The van der Waals surface area contributed by atoms with Crippen LogP contribution in [0.15, 0.2) is 23.4 Å². The molecule has 1 aromatic rings. The second-order valence-electron chi connectivity index (χ2n) is 4.24. The molecule has 112 valence electrons. The maximum Gasteiger partial charge on any atom is 0.247 e. The molecule has 4 N–H and O–H groups in total. The van der Waals surface area contributed by atoms with Crippen molar-refractivity contribution in [1.29, 1.82) is 0 Å². The fraction of sp³-hybridized carbons (Fsp3) is 0.300. The van der Waals surface area contributed by atoms with Crippen LogP contribution < -0.4 is 10.5 Å². The van der Waals surface area contributed by atoms with E-state index in [4.69, 9.17) is 10.9 Å². The molecule has 0 spiro atoms. The minimum absolute atomic E-state index is 0.0453. The van der Waals surface area contributed by atoms with Crippen LogP contribution in [0.25, 0.3) is 0 Å². The average Bonchev–Trinajstić information content (AvgIpc) is 2.24. The number of aryl methyl sites for hydroxylation is 1. The summed E-state index contributed by atoms with van der Waals surface area (Å²) < 4.78 is 47.8. The number of sulfone groups is 1. The lowest BCUT2D eigenvalue weighted by molar-refractivity contribution is 0.318. The highest BCUT2D eigenvalue weighted by Crippen LogP contribution is 2.20. The van der Waals surface area contributed by atoms with E-state index in [-0.39, 0.29) is 17.1 Å². The molecular formula is C10H15N3O5S2. The van der Waals surface area contributed by atoms with Gasteiger partial charge in [0.1, 0.15) is 0 Å². The van der Waals surface area contributed by atoms with Gasteiger partial charge in [-0.3, -0.25) is 4.72 Å². The van der Waals surface area contributed by atoms with Gasteiger partial charge in [0.25, 0.3) is 0 Å². The predicted molar refractivity (Wildman–Crippen MR) is 75.9 cm³/mol. The molecule has 10 heteroatoms. The summed E-state index contributed by atoms with van der Waals surface area (Å²) in [6, 6.07) is 4.59. The van der Waals surface area contributed by atoms with E-state index in [1.807, 2.05) is 0 Å². The summed E-state index contributed by atoms with van der Waals surface area (Å²) in [6.07, 6.45) is 0.812. The Morgan fingerprint density at radius 1 is 1.35 bits per heavy atom. The molecule has 0 atom stereocenters. The lowest BCUT2D eigenvalue weighted by Crippen LogP contribution is -2.25. The van der Waals surface area contributed by atoms with Crippen molar-refractivity contribution in [3.63, 3.8) is 0 Å². The summed E-state index contributed by atoms with van der Waals surface area (Å²) in [5.41, 5.74) is 6.29. The molecule has 0 bridgehead atoms. The lowest BCUT2D eigenvalue weighted by atomic mass is 10.1. The number of hydrogen-bond acceptors (Lipinski definition) is 6. The number of nitrogens with one attached hydrogen (secondary N) is 1. The van der Waals surface area contributed by atoms with E-state index in [0.29, 0.717) is 5.56 Å². The van der Waals surface area contributed by atoms with Crippen molar-refractivity contribution in [2.24, 2.45) is 10.9 Å². The van der Waals surface area contributed by atoms with E-state index < -0.39 is 24.9 Å². The van der Waals surface area contributed by atoms with Gasteiger partial charge in [-0.05, 0) is 18.6 Å². The van der Waals surface area contributed by atoms with Crippen LogP contribution in [0.1, 0.15) is 11.1 Å². The zero-order chi connectivity index (χ0) is 15.6. The van der Waals surface area contributed by atoms with E-state index in [1.165, 1.54) is 6.07 Å². The molecule has 0 aromatic heterocycles. The van der Waals surface area contributed by atoms with Gasteiger partial charge in [0.15, 0.2) is 20.8 Å². The van der Waals surface area contributed by atoms with Gasteiger partial charge in [-0.2, -0.15) is 0 Å². The van der Waals surface area contributed by atoms with Crippen molar-refractivity contribution >= 4 is 31.4 Å². The van der Waals surface area contributed by atoms with Crippen molar-refractivity contribution in [3.05, 3.63) is 29.3 Å². The molecule has 0 unspecified atom stereocenters. The SMILES string of the molecule is Cc1cccc(NS(=O)(=O)CS(C)(=O)=O)c1/C(N)=N/O. The third-order valence-electron chi connectivity index (χ3n) is 2.27. The van der Waals surface area contributed by atoms with Crippen molar-refractivity contribution < 1.29 is 22.0 Å². The highest BCUT2D eigenvalue weighted by Gasteiger charge is 2.20. The van der Waals surface area contributed by atoms with E-state index in [9.17, 15) is 16.8 Å². The molecule has 20 heavy (non-hydrogen) atoms. The van der Waals surface area contributed by atoms with Gasteiger partial charge < -0.3 is 10.9 Å². The lowest BCUT2D eigenvalue weighted by Gasteiger charge is -2.13. The topological polar surface area (TPSA) is 139 Å². The van der Waals surface area contributed by atoms with Gasteiger partial charge in [0.2, 0.25) is 10.0 Å². The Morgan fingerprint density at radius 3 is 2.45 bits per heavy atom. The molecule has 1 aromatic carbocycles. The molecule has 0 saturated carbocycles. The van der Waals surface area contributed by atoms with Crippen molar-refractivity contribution in [3.8, 4) is 0 Å². The van der Waals surface area contributed by atoms with Gasteiger partial charge in [-0.25, -0.2) is 16.8 Å². The minimum Gasteiger partial charge on any atom is -0.409 e. The summed E-state index contributed by atoms with van der Waals surface area (Å²) in [6.45, 7) is 1.64. The zero-order valence-corrected chi connectivity index (χ0v) is 12.5. The number of nitrogens with zero attached hydrogens (tertiary/aromatic N) is 1. The molecule has 0 heterocycles. The number of sulfonamides is 1. The Bertz CT molecular complexity index is 738. The Kier molecular flexibility index (Phi) is 4.61. The van der Waals surface area contributed by atoms with Gasteiger partial charge in [-0.15, -0.1) is 0 Å². The van der Waals surface area contributed by atoms with Crippen molar-refractivity contribution in [1.82, 2.24) is 0 Å². The smallest absolute Gasteiger partial charge is 0.247 e. The van der Waals surface area contributed by atoms with Gasteiger partial charge >= 0.3 is 0 Å². The number of hydrogen-bond donors (Lipinski definition) is 3. The summed E-state index contributed by atoms with van der Waals surface area (Å²) in [5, 5.41) is 10.5. The normalized spacial score (nSPS) is 13.2. The fourth-order valence-electron chi connectivity index (χ4n) is 1.62. The van der Waals surface area contributed by atoms with Crippen LogP contribution in [-0.2, 0) is 19.9 Å². The first-order valence-electron chi connectivity index (χ1n) is 5.31. The summed E-state index contributed by atoms with van der Waals surface area (Å²) in [7, 11) is -7.82. The second kappa shape index (κ2) is 5.67. The molecule has 8 nitrogen and oxygen atoms in total. The number of benzene rings is 1. The zero-order valence-electron chi connectivity index (χ0n) is 10.9. The third-order valence-corrected chi connectivity index (χ3v) is 5.76. The molecule has 0 aliphatic rings. The largest absolute Gasteiger partial charge is 0.409 e. The van der Waals surface area contributed by atoms with Crippen LogP contribution in [-0.4, -0.2) is 39.2 Å². The minimum atomic E-state index is -4.10. The Hall–Kier alpha value is -1.81. The van der Waals surface area contributed by atoms with Crippen LogP contribution >= 0.6 is 0 Å². The Labute approximate surface area is 117 Å². The number of oxime groups is 1. The van der Waals surface area contributed by atoms with Gasteiger partial charge in [-0.1, -0.05) is 17.3 Å². The molecule has 0 fully saturated rings. The first-order valence-corrected chi connectivity index (χ1v) is 9.03. The monoisotopic (exact) mass is 321 g/mol. The second-order valence-corrected chi connectivity index (χ2v) is 8.47. The maximum absolute atomic E-state index is 11.8. The molecule has 0 amide bonds. The van der Waals surface area contributed by atoms with Crippen molar-refractivity contribution in [2.75, 3.05) is 16.1 Å². The Balaban J connectivity index is 3.27. The van der Waals surface area contributed by atoms with Crippen LogP contribution in [0.2, 0.25) is 0 Å². The van der Waals surface area contributed by atoms with Crippen LogP contribution in [0.4, 0.5) is 5.69 Å². The summed E-state index contributed by atoms with van der Waals surface area (Å²) >= 11 is 0. The van der Waals surface area contributed by atoms with Crippen LogP contribution in [0.3, 0.4) is 0 Å². The predicted octanol–water partition coefficient (Wildman–Crippen LogP) is -0.167. The van der Waals surface area contributed by atoms with E-state index in [1.54, 1.807) is 19.1 Å². The molecular weight excluding hydrogens is 306 g/mol. The van der Waals surface area contributed by atoms with Gasteiger partial charge in [0.05, 0.1) is 5.69 Å². The molecule has 0 aliphatic carbocycles. The summed E-state index contributed by atoms with van der Waals surface area (Å²) in [5.74, 6) is -0.278. The van der Waals surface area contributed by atoms with Crippen LogP contribution in [0, 0.1) is 6.92 Å². The average molecular weight is 321 g/mol. The summed E-state index contributed by atoms with van der Waals surface area (Å²) in [4.78, 5) is 0. The van der Waals surface area contributed by atoms with Gasteiger partial charge in [0, 0.05) is 11.8 Å². The quantitative estimate of drug-likeness (QED) is 0.298. The maximum atomic E-state index is 11.8. The fourth-order valence-corrected chi connectivity index (χ4v) is 4.62. The highest BCUT2D eigenvalue weighted by molar-refractivity contribution is 8.08. The van der Waals surface area contributed by atoms with Crippen LogP contribution in [0.5, 0.6) is 0 Å². The molecule has 0 saturated heterocycles. The first kappa shape index (κ1) is 16.2. The van der Waals surface area contributed by atoms with E-state index >= 15 is 0 Å². The van der Waals surface area contributed by atoms with E-state index in [0.717, 1.165) is 6.26 Å². The molecule has 0 radical (unpaired) electrons. The number of nitrogens with two attached hydrogens (primary N) is 1. The third kappa shape index (κ3) is 4.38.